The first-order chi connectivity index (χ1) is 14.9. The minimum absolute atomic E-state index is 0.0873. The number of carbonyl (C=O) groups is 2. The minimum atomic E-state index is -1.51. The highest BCUT2D eigenvalue weighted by atomic mass is 16.5. The maximum atomic E-state index is 12.1. The second kappa shape index (κ2) is 6.72. The van der Waals surface area contributed by atoms with E-state index in [4.69, 9.17) is 4.74 Å². The summed E-state index contributed by atoms with van der Waals surface area (Å²) in [5, 5.41) is 41.8. The van der Waals surface area contributed by atoms with Crippen molar-refractivity contribution in [1.82, 2.24) is 0 Å². The summed E-state index contributed by atoms with van der Waals surface area (Å²) in [6.45, 7) is 0. The average molecular weight is 416 g/mol. The first-order valence-electron chi connectivity index (χ1n) is 9.50. The fraction of sp³-hybridized carbons (Fsp3) is 0.0833. The largest absolute Gasteiger partial charge is 0.504 e. The number of carboxylic acids is 1. The molecule has 1 aliphatic heterocycles. The number of benzene rings is 3. The van der Waals surface area contributed by atoms with Crippen LogP contribution < -0.4 is 4.74 Å². The van der Waals surface area contributed by atoms with E-state index in [1.807, 2.05) is 0 Å². The number of rotatable bonds is 2. The Balaban J connectivity index is 1.93. The van der Waals surface area contributed by atoms with Gasteiger partial charge >= 0.3 is 5.97 Å². The van der Waals surface area contributed by atoms with Gasteiger partial charge < -0.3 is 25.2 Å². The van der Waals surface area contributed by atoms with Gasteiger partial charge in [-0.05, 0) is 35.2 Å². The van der Waals surface area contributed by atoms with Crippen LogP contribution in [0.15, 0.2) is 66.3 Å². The van der Waals surface area contributed by atoms with Crippen molar-refractivity contribution in [3.8, 4) is 17.2 Å². The summed E-state index contributed by atoms with van der Waals surface area (Å²) in [4.78, 5) is 24.0. The van der Waals surface area contributed by atoms with Crippen molar-refractivity contribution in [3.63, 3.8) is 0 Å². The maximum absolute atomic E-state index is 12.1. The van der Waals surface area contributed by atoms with Crippen LogP contribution in [0.25, 0.3) is 16.3 Å². The third-order valence-electron chi connectivity index (χ3n) is 5.63. The first kappa shape index (κ1) is 18.9. The van der Waals surface area contributed by atoms with Crippen molar-refractivity contribution in [1.29, 1.82) is 0 Å². The number of carbonyl (C=O) groups excluding carboxylic acids is 1. The highest BCUT2D eigenvalue weighted by molar-refractivity contribution is 6.11. The minimum Gasteiger partial charge on any atom is -0.504 e. The van der Waals surface area contributed by atoms with Crippen LogP contribution in [0.2, 0.25) is 0 Å². The first-order valence-corrected chi connectivity index (χ1v) is 9.50. The lowest BCUT2D eigenvalue weighted by Gasteiger charge is -2.34. The predicted molar refractivity (Wildman–Crippen MR) is 111 cm³/mol. The number of phenolic OH excluding ortho intramolecular Hbond substituents is 2. The molecular weight excluding hydrogens is 400 g/mol. The number of aromatic carboxylic acids is 1. The van der Waals surface area contributed by atoms with Gasteiger partial charge in [-0.25, -0.2) is 4.79 Å². The second-order valence-electron chi connectivity index (χ2n) is 7.37. The fourth-order valence-corrected chi connectivity index (χ4v) is 4.23. The van der Waals surface area contributed by atoms with Crippen molar-refractivity contribution in [2.24, 2.45) is 0 Å². The van der Waals surface area contributed by atoms with E-state index in [9.17, 15) is 30.0 Å². The van der Waals surface area contributed by atoms with Crippen molar-refractivity contribution < 1.29 is 34.8 Å². The number of aromatic hydroxyl groups is 2. The molecule has 0 radical (unpaired) electrons. The summed E-state index contributed by atoms with van der Waals surface area (Å²) in [5.74, 6) is -2.69. The zero-order chi connectivity index (χ0) is 21.9. The molecule has 7 nitrogen and oxygen atoms in total. The summed E-state index contributed by atoms with van der Waals surface area (Å²) in [5.41, 5.74) is 2.00. The van der Waals surface area contributed by atoms with Crippen molar-refractivity contribution in [3.05, 3.63) is 82.9 Å². The third kappa shape index (κ3) is 2.71. The standard InChI is InChI=1S/C24H16O7/c25-16-9-7-13-19(12-5-1-3-11-4-2-6-15(18(11)12)24(29)30)14-8-10-17(26)21(28)23(14)31-22(13)20(16)27/h1-10,20,22,26-28H,(H,29,30). The van der Waals surface area contributed by atoms with Crippen LogP contribution in [0, 0.1) is 0 Å². The Bertz CT molecular complexity index is 1340. The number of fused-ring (bicyclic) bond motifs is 3. The molecule has 0 bridgehead atoms. The molecule has 154 valence electrons. The molecule has 1 heterocycles. The third-order valence-corrected chi connectivity index (χ3v) is 5.63. The van der Waals surface area contributed by atoms with Gasteiger partial charge in [0, 0.05) is 22.1 Å². The molecule has 31 heavy (non-hydrogen) atoms. The molecule has 2 unspecified atom stereocenters. The Morgan fingerprint density at radius 1 is 0.935 bits per heavy atom. The van der Waals surface area contributed by atoms with E-state index in [0.29, 0.717) is 33.0 Å². The summed E-state index contributed by atoms with van der Waals surface area (Å²) in [6.07, 6.45) is 0.136. The molecule has 0 aromatic heterocycles. The number of aliphatic hydroxyl groups excluding tert-OH is 1. The van der Waals surface area contributed by atoms with Crippen LogP contribution >= 0.6 is 0 Å². The smallest absolute Gasteiger partial charge is 0.336 e. The Labute approximate surface area is 175 Å². The molecular formula is C24H16O7. The second-order valence-corrected chi connectivity index (χ2v) is 7.37. The van der Waals surface area contributed by atoms with Crippen molar-refractivity contribution >= 4 is 28.1 Å². The van der Waals surface area contributed by atoms with Gasteiger partial charge in [-0.3, -0.25) is 4.79 Å². The fourth-order valence-electron chi connectivity index (χ4n) is 4.23. The topological polar surface area (TPSA) is 124 Å². The number of hydrogen-bond acceptors (Lipinski definition) is 6. The molecule has 0 saturated carbocycles. The van der Waals surface area contributed by atoms with Crippen LogP contribution in [0.5, 0.6) is 17.2 Å². The van der Waals surface area contributed by atoms with Gasteiger partial charge in [-0.2, -0.15) is 0 Å². The van der Waals surface area contributed by atoms with Gasteiger partial charge in [0.05, 0.1) is 5.56 Å². The molecule has 4 N–H and O–H groups in total. The highest BCUT2D eigenvalue weighted by Crippen LogP contribution is 2.50. The van der Waals surface area contributed by atoms with E-state index in [-0.39, 0.29) is 11.3 Å². The quantitative estimate of drug-likeness (QED) is 0.474. The Morgan fingerprint density at radius 2 is 1.68 bits per heavy atom. The molecule has 7 heteroatoms. The lowest BCUT2D eigenvalue weighted by Crippen LogP contribution is -2.43. The van der Waals surface area contributed by atoms with Gasteiger partial charge in [-0.1, -0.05) is 36.4 Å². The number of phenols is 2. The summed E-state index contributed by atoms with van der Waals surface area (Å²) < 4.78 is 5.77. The molecule has 0 saturated heterocycles. The molecule has 0 fully saturated rings. The van der Waals surface area contributed by atoms with Crippen molar-refractivity contribution in [2.75, 3.05) is 0 Å². The van der Waals surface area contributed by atoms with Crippen LogP contribution in [0.4, 0.5) is 0 Å². The summed E-state index contributed by atoms with van der Waals surface area (Å²) >= 11 is 0. The SMILES string of the molecule is O=C(O)c1cccc2cccc(C3=C4C=CC(=O)C(O)C4Oc4c3ccc(O)c4O)c12. The van der Waals surface area contributed by atoms with E-state index in [2.05, 4.69) is 0 Å². The van der Waals surface area contributed by atoms with Gasteiger partial charge in [0.25, 0.3) is 0 Å². The molecule has 1 aliphatic carbocycles. The highest BCUT2D eigenvalue weighted by Gasteiger charge is 2.40. The number of ketones is 1. The van der Waals surface area contributed by atoms with Crippen molar-refractivity contribution in [2.45, 2.75) is 12.2 Å². The monoisotopic (exact) mass is 416 g/mol. The summed E-state index contributed by atoms with van der Waals surface area (Å²) in [7, 11) is 0. The number of carboxylic acid groups (broad SMARTS) is 1. The zero-order valence-electron chi connectivity index (χ0n) is 15.9. The lowest BCUT2D eigenvalue weighted by molar-refractivity contribution is -0.126. The van der Waals surface area contributed by atoms with Gasteiger partial charge in [0.2, 0.25) is 5.75 Å². The van der Waals surface area contributed by atoms with Gasteiger partial charge in [0.15, 0.2) is 29.5 Å². The van der Waals surface area contributed by atoms with E-state index in [1.165, 1.54) is 24.3 Å². The van der Waals surface area contributed by atoms with E-state index in [0.717, 1.165) is 0 Å². The van der Waals surface area contributed by atoms with E-state index in [1.54, 1.807) is 36.4 Å². The number of ether oxygens (including phenoxy) is 1. The zero-order valence-corrected chi connectivity index (χ0v) is 15.9. The molecule has 0 spiro atoms. The van der Waals surface area contributed by atoms with Gasteiger partial charge in [0.1, 0.15) is 0 Å². The Morgan fingerprint density at radius 3 is 2.42 bits per heavy atom. The Kier molecular flexibility index (Phi) is 4.09. The van der Waals surface area contributed by atoms with Crippen LogP contribution in [-0.2, 0) is 4.79 Å². The predicted octanol–water partition coefficient (Wildman–Crippen LogP) is 3.01. The number of aliphatic hydroxyl groups is 1. The molecule has 2 aliphatic rings. The molecule has 3 aromatic carbocycles. The molecule has 0 amide bonds. The maximum Gasteiger partial charge on any atom is 0.336 e. The normalized spacial score (nSPS) is 19.7. The summed E-state index contributed by atoms with van der Waals surface area (Å²) in [6, 6.07) is 13.1. The van der Waals surface area contributed by atoms with Crippen LogP contribution in [-0.4, -0.2) is 44.4 Å². The van der Waals surface area contributed by atoms with Gasteiger partial charge in [-0.15, -0.1) is 0 Å². The Hall–Kier alpha value is -4.10. The van der Waals surface area contributed by atoms with Crippen LogP contribution in [0.1, 0.15) is 21.5 Å². The molecule has 3 aromatic rings. The average Bonchev–Trinajstić information content (AvgIpc) is 2.77. The van der Waals surface area contributed by atoms with E-state index >= 15 is 0 Å². The number of hydrogen-bond donors (Lipinski definition) is 4. The van der Waals surface area contributed by atoms with Crippen LogP contribution in [0.3, 0.4) is 0 Å². The molecule has 5 rings (SSSR count). The molecule has 2 atom stereocenters. The van der Waals surface area contributed by atoms with E-state index < -0.39 is 35.5 Å². The lowest BCUT2D eigenvalue weighted by atomic mass is 9.81.